The van der Waals surface area contributed by atoms with E-state index in [4.69, 9.17) is 4.74 Å². The summed E-state index contributed by atoms with van der Waals surface area (Å²) in [5.74, 6) is 5.61. The van der Waals surface area contributed by atoms with E-state index in [0.29, 0.717) is 0 Å². The molecule has 5 heteroatoms. The van der Waals surface area contributed by atoms with E-state index in [2.05, 4.69) is 16.8 Å². The quantitative estimate of drug-likeness (QED) is 0.798. The lowest BCUT2D eigenvalue weighted by molar-refractivity contribution is 0.126. The highest BCUT2D eigenvalue weighted by Crippen LogP contribution is 1.95. The summed E-state index contributed by atoms with van der Waals surface area (Å²) in [6.45, 7) is 0.0651. The van der Waals surface area contributed by atoms with Crippen molar-refractivity contribution in [3.8, 4) is 11.8 Å². The van der Waals surface area contributed by atoms with Crippen LogP contribution in [-0.4, -0.2) is 16.7 Å². The van der Waals surface area contributed by atoms with Gasteiger partial charge in [-0.3, -0.25) is 14.3 Å². The molecule has 0 aliphatic heterocycles. The number of nitrogens with one attached hydrogen (secondary N) is 1. The smallest absolute Gasteiger partial charge is 0.330 e. The summed E-state index contributed by atoms with van der Waals surface area (Å²) in [4.78, 5) is 25.2. The second kappa shape index (κ2) is 5.85. The Kier molecular flexibility index (Phi) is 3.96. The Hall–Kier alpha value is -2.58. The molecule has 2 aromatic rings. The Bertz CT molecular complexity index is 733. The van der Waals surface area contributed by atoms with Crippen molar-refractivity contribution >= 4 is 0 Å². The Labute approximate surface area is 109 Å². The summed E-state index contributed by atoms with van der Waals surface area (Å²) < 4.78 is 6.11. The van der Waals surface area contributed by atoms with Crippen LogP contribution in [0.1, 0.15) is 11.1 Å². The Balaban J connectivity index is 2.41. The number of H-pyrrole nitrogens is 1. The molecule has 1 N–H and O–H groups in total. The van der Waals surface area contributed by atoms with Gasteiger partial charge in [-0.25, -0.2) is 4.79 Å². The van der Waals surface area contributed by atoms with E-state index in [9.17, 15) is 9.59 Å². The van der Waals surface area contributed by atoms with Gasteiger partial charge in [-0.1, -0.05) is 30.0 Å². The number of ether oxygens (including phenoxy) is 1. The number of hydrogen-bond donors (Lipinski definition) is 1. The number of benzene rings is 1. The average Bonchev–Trinajstić information content (AvgIpc) is 2.42. The lowest BCUT2D eigenvalue weighted by Crippen LogP contribution is -2.31. The van der Waals surface area contributed by atoms with Crippen LogP contribution in [0, 0.1) is 11.8 Å². The monoisotopic (exact) mass is 256 g/mol. The highest BCUT2D eigenvalue weighted by atomic mass is 16.5. The fourth-order valence-electron chi connectivity index (χ4n) is 1.49. The van der Waals surface area contributed by atoms with Crippen molar-refractivity contribution in [1.29, 1.82) is 0 Å². The number of aromatic nitrogens is 2. The van der Waals surface area contributed by atoms with Crippen LogP contribution in [-0.2, 0) is 11.5 Å². The third kappa shape index (κ3) is 3.21. The zero-order chi connectivity index (χ0) is 13.7. The predicted molar refractivity (Wildman–Crippen MR) is 70.8 cm³/mol. The van der Waals surface area contributed by atoms with Gasteiger partial charge in [0.1, 0.15) is 12.3 Å². The molecule has 1 aromatic carbocycles. The van der Waals surface area contributed by atoms with Gasteiger partial charge in [-0.15, -0.1) is 0 Å². The van der Waals surface area contributed by atoms with Crippen LogP contribution >= 0.6 is 0 Å². The summed E-state index contributed by atoms with van der Waals surface area (Å²) in [6.07, 6.45) is 1.39. The topological polar surface area (TPSA) is 64.1 Å². The zero-order valence-corrected chi connectivity index (χ0v) is 10.3. The molecule has 0 bridgehead atoms. The number of methoxy groups -OCH3 is 1. The van der Waals surface area contributed by atoms with E-state index < -0.39 is 11.2 Å². The standard InChI is InChI=1S/C14H12N2O3/c1-19-10-16-9-12(13(17)15-14(16)18)8-7-11-5-3-2-4-6-11/h2-6,9H,10H2,1H3,(H,15,17,18). The minimum absolute atomic E-state index is 0.0651. The normalized spacial score (nSPS) is 9.74. The SMILES string of the molecule is COCn1cc(C#Cc2ccccc2)c(=O)[nH]c1=O. The Morgan fingerprint density at radius 3 is 2.63 bits per heavy atom. The van der Waals surface area contributed by atoms with Crippen LogP contribution < -0.4 is 11.2 Å². The average molecular weight is 256 g/mol. The fourth-order valence-corrected chi connectivity index (χ4v) is 1.49. The lowest BCUT2D eigenvalue weighted by Gasteiger charge is -2.02. The van der Waals surface area contributed by atoms with E-state index in [-0.39, 0.29) is 12.3 Å². The first-order chi connectivity index (χ1) is 9.20. The van der Waals surface area contributed by atoms with Gasteiger partial charge < -0.3 is 4.74 Å². The molecule has 19 heavy (non-hydrogen) atoms. The van der Waals surface area contributed by atoms with Crippen LogP contribution in [0.2, 0.25) is 0 Å². The summed E-state index contributed by atoms with van der Waals surface area (Å²) in [6, 6.07) is 9.29. The van der Waals surface area contributed by atoms with Crippen molar-refractivity contribution in [3.05, 3.63) is 68.5 Å². The van der Waals surface area contributed by atoms with Gasteiger partial charge >= 0.3 is 5.69 Å². The van der Waals surface area contributed by atoms with Crippen molar-refractivity contribution in [3.63, 3.8) is 0 Å². The summed E-state index contributed by atoms with van der Waals surface area (Å²) in [5, 5.41) is 0. The molecule has 0 aliphatic rings. The third-order valence-corrected chi connectivity index (χ3v) is 2.39. The summed E-state index contributed by atoms with van der Waals surface area (Å²) in [7, 11) is 1.47. The Morgan fingerprint density at radius 2 is 1.95 bits per heavy atom. The largest absolute Gasteiger partial charge is 0.364 e. The van der Waals surface area contributed by atoms with E-state index in [1.165, 1.54) is 17.9 Å². The number of aromatic amines is 1. The lowest BCUT2D eigenvalue weighted by atomic mass is 10.2. The molecule has 0 unspecified atom stereocenters. The molecule has 0 atom stereocenters. The maximum atomic E-state index is 11.6. The van der Waals surface area contributed by atoms with E-state index in [1.54, 1.807) is 0 Å². The van der Waals surface area contributed by atoms with Crippen molar-refractivity contribution in [2.75, 3.05) is 7.11 Å². The first-order valence-electron chi connectivity index (χ1n) is 5.60. The number of nitrogens with zero attached hydrogens (tertiary/aromatic N) is 1. The molecule has 5 nitrogen and oxygen atoms in total. The number of hydrogen-bond acceptors (Lipinski definition) is 3. The molecule has 0 aliphatic carbocycles. The van der Waals surface area contributed by atoms with E-state index in [0.717, 1.165) is 5.56 Å². The molecule has 0 radical (unpaired) electrons. The van der Waals surface area contributed by atoms with Gasteiger partial charge in [0.25, 0.3) is 5.56 Å². The molecule has 0 amide bonds. The summed E-state index contributed by atoms with van der Waals surface area (Å²) in [5.41, 5.74) is 0.00444. The predicted octanol–water partition coefficient (Wildman–Crippen LogP) is 0.540. The van der Waals surface area contributed by atoms with Crippen LogP contribution in [0.4, 0.5) is 0 Å². The Morgan fingerprint density at radius 1 is 1.21 bits per heavy atom. The van der Waals surface area contributed by atoms with Crippen LogP contribution in [0.3, 0.4) is 0 Å². The molecular formula is C14H12N2O3. The highest BCUT2D eigenvalue weighted by molar-refractivity contribution is 5.40. The van der Waals surface area contributed by atoms with Crippen LogP contribution in [0.25, 0.3) is 0 Å². The first-order valence-corrected chi connectivity index (χ1v) is 5.60. The molecule has 1 heterocycles. The third-order valence-electron chi connectivity index (χ3n) is 2.39. The second-order valence-electron chi connectivity index (χ2n) is 3.81. The van der Waals surface area contributed by atoms with Gasteiger partial charge in [0.05, 0.1) is 0 Å². The van der Waals surface area contributed by atoms with Crippen molar-refractivity contribution in [2.45, 2.75) is 6.73 Å². The molecule has 2 rings (SSSR count). The maximum Gasteiger partial charge on any atom is 0.330 e. The maximum absolute atomic E-state index is 11.6. The van der Waals surface area contributed by atoms with Gasteiger partial charge in [0, 0.05) is 18.9 Å². The van der Waals surface area contributed by atoms with Gasteiger partial charge in [0.15, 0.2) is 0 Å². The fraction of sp³-hybridized carbons (Fsp3) is 0.143. The first kappa shape index (κ1) is 12.9. The molecule has 96 valence electrons. The van der Waals surface area contributed by atoms with Crippen molar-refractivity contribution in [1.82, 2.24) is 9.55 Å². The highest BCUT2D eigenvalue weighted by Gasteiger charge is 2.01. The van der Waals surface area contributed by atoms with Crippen molar-refractivity contribution in [2.24, 2.45) is 0 Å². The number of rotatable bonds is 2. The molecule has 0 saturated heterocycles. The minimum Gasteiger partial charge on any atom is -0.364 e. The minimum atomic E-state index is -0.517. The van der Waals surface area contributed by atoms with Crippen molar-refractivity contribution < 1.29 is 4.74 Å². The van der Waals surface area contributed by atoms with Crippen LogP contribution in [0.5, 0.6) is 0 Å². The molecule has 0 spiro atoms. The molecule has 0 fully saturated rings. The van der Waals surface area contributed by atoms with Gasteiger partial charge in [-0.05, 0) is 12.1 Å². The van der Waals surface area contributed by atoms with E-state index >= 15 is 0 Å². The van der Waals surface area contributed by atoms with Gasteiger partial charge in [0.2, 0.25) is 0 Å². The molecular weight excluding hydrogens is 244 g/mol. The summed E-state index contributed by atoms with van der Waals surface area (Å²) >= 11 is 0. The van der Waals surface area contributed by atoms with Crippen LogP contribution in [0.15, 0.2) is 46.1 Å². The zero-order valence-electron chi connectivity index (χ0n) is 10.3. The van der Waals surface area contributed by atoms with Gasteiger partial charge in [-0.2, -0.15) is 0 Å². The second-order valence-corrected chi connectivity index (χ2v) is 3.81. The molecule has 1 aromatic heterocycles. The molecule has 0 saturated carbocycles. The van der Waals surface area contributed by atoms with E-state index in [1.807, 2.05) is 30.3 Å².